The van der Waals surface area contributed by atoms with Gasteiger partial charge in [0.15, 0.2) is 11.5 Å². The highest BCUT2D eigenvalue weighted by atomic mass is 32.2. The number of ether oxygens (including phenoxy) is 2. The summed E-state index contributed by atoms with van der Waals surface area (Å²) >= 11 is 0.636. The molecule has 0 saturated carbocycles. The number of rotatable bonds is 8. The number of nitro groups is 1. The summed E-state index contributed by atoms with van der Waals surface area (Å²) in [5.41, 5.74) is -0.363. The number of nitrogens with zero attached hydrogens (tertiary/aromatic N) is 2. The molecular weight excluding hydrogens is 567 g/mol. The van der Waals surface area contributed by atoms with Gasteiger partial charge in [-0.1, -0.05) is 24.3 Å². The van der Waals surface area contributed by atoms with Crippen LogP contribution in [-0.2, 0) is 15.8 Å². The summed E-state index contributed by atoms with van der Waals surface area (Å²) < 4.78 is 49.8. The molecule has 0 aromatic heterocycles. The summed E-state index contributed by atoms with van der Waals surface area (Å²) in [6, 6.07) is 13.1. The number of nitro benzene ring substituents is 1. The maximum atomic E-state index is 13.0. The van der Waals surface area contributed by atoms with E-state index in [1.807, 2.05) is 0 Å². The minimum absolute atomic E-state index is 0.0350. The van der Waals surface area contributed by atoms with E-state index >= 15 is 0 Å². The first kappa shape index (κ1) is 29.1. The molecule has 212 valence electrons. The Bertz CT molecular complexity index is 1590. The summed E-state index contributed by atoms with van der Waals surface area (Å²) in [7, 11) is 1.27. The fraction of sp³-hybridized carbons (Fsp3) is 0.148. The second-order valence-electron chi connectivity index (χ2n) is 8.58. The SMILES string of the molecule is COc1cc(/C=C2/SC(=O)N(CC(=O)Nc3ccccc3C)C2=O)ccc1Oc1ccc(C(F)(F)F)cc1[N+](=O)[O-]. The minimum atomic E-state index is -4.78. The first-order valence-electron chi connectivity index (χ1n) is 11.7. The molecule has 3 amide bonds. The third-order valence-electron chi connectivity index (χ3n) is 5.78. The van der Waals surface area contributed by atoms with Crippen molar-refractivity contribution in [3.05, 3.63) is 92.4 Å². The number of anilines is 1. The third kappa shape index (κ3) is 6.66. The van der Waals surface area contributed by atoms with Crippen LogP contribution < -0.4 is 14.8 Å². The lowest BCUT2D eigenvalue weighted by molar-refractivity contribution is -0.385. The topological polar surface area (TPSA) is 128 Å². The maximum absolute atomic E-state index is 13.0. The first-order chi connectivity index (χ1) is 19.4. The monoisotopic (exact) mass is 587 g/mol. The zero-order valence-electron chi connectivity index (χ0n) is 21.4. The zero-order chi connectivity index (χ0) is 29.9. The Morgan fingerprint density at radius 1 is 1.07 bits per heavy atom. The van der Waals surface area contributed by atoms with E-state index < -0.39 is 51.7 Å². The Hall–Kier alpha value is -4.85. The van der Waals surface area contributed by atoms with E-state index in [-0.39, 0.29) is 16.4 Å². The average Bonchev–Trinajstić information content (AvgIpc) is 3.17. The van der Waals surface area contributed by atoms with E-state index in [4.69, 9.17) is 9.47 Å². The van der Waals surface area contributed by atoms with Gasteiger partial charge in [-0.3, -0.25) is 29.4 Å². The Labute approximate surface area is 234 Å². The van der Waals surface area contributed by atoms with Crippen LogP contribution in [-0.4, -0.2) is 40.5 Å². The van der Waals surface area contributed by atoms with Gasteiger partial charge in [-0.05, 0) is 66.2 Å². The molecule has 1 fully saturated rings. The molecule has 14 heteroatoms. The van der Waals surface area contributed by atoms with Crippen LogP contribution in [0, 0.1) is 17.0 Å². The van der Waals surface area contributed by atoms with Gasteiger partial charge >= 0.3 is 11.9 Å². The molecule has 0 aliphatic carbocycles. The van der Waals surface area contributed by atoms with Crippen LogP contribution in [0.2, 0.25) is 0 Å². The number of nitrogens with one attached hydrogen (secondary N) is 1. The molecular formula is C27H20F3N3O7S. The van der Waals surface area contributed by atoms with E-state index in [2.05, 4.69) is 5.32 Å². The van der Waals surface area contributed by atoms with Gasteiger partial charge in [0.2, 0.25) is 11.7 Å². The summed E-state index contributed by atoms with van der Waals surface area (Å²) in [4.78, 5) is 49.0. The number of imide groups is 1. The number of thioether (sulfide) groups is 1. The largest absolute Gasteiger partial charge is 0.493 e. The van der Waals surface area contributed by atoms with Crippen LogP contribution in [0.3, 0.4) is 0 Å². The van der Waals surface area contributed by atoms with Gasteiger partial charge in [-0.2, -0.15) is 13.2 Å². The first-order valence-corrected chi connectivity index (χ1v) is 12.5. The molecule has 3 aromatic carbocycles. The van der Waals surface area contributed by atoms with Gasteiger partial charge in [-0.25, -0.2) is 0 Å². The van der Waals surface area contributed by atoms with Crippen molar-refractivity contribution in [1.29, 1.82) is 0 Å². The minimum Gasteiger partial charge on any atom is -0.493 e. The molecule has 41 heavy (non-hydrogen) atoms. The van der Waals surface area contributed by atoms with Crippen molar-refractivity contribution in [2.75, 3.05) is 19.0 Å². The molecule has 0 radical (unpaired) electrons. The van der Waals surface area contributed by atoms with Crippen molar-refractivity contribution >= 4 is 46.3 Å². The Morgan fingerprint density at radius 3 is 2.44 bits per heavy atom. The zero-order valence-corrected chi connectivity index (χ0v) is 22.2. The van der Waals surface area contributed by atoms with Crippen molar-refractivity contribution in [1.82, 2.24) is 4.90 Å². The van der Waals surface area contributed by atoms with Crippen molar-refractivity contribution in [3.63, 3.8) is 0 Å². The molecule has 1 aliphatic rings. The summed E-state index contributed by atoms with van der Waals surface area (Å²) in [5.74, 6) is -1.68. The van der Waals surface area contributed by atoms with Crippen LogP contribution in [0.4, 0.5) is 29.3 Å². The molecule has 0 bridgehead atoms. The van der Waals surface area contributed by atoms with Gasteiger partial charge in [0.1, 0.15) is 6.54 Å². The van der Waals surface area contributed by atoms with Gasteiger partial charge in [0.25, 0.3) is 11.1 Å². The molecule has 3 aromatic rings. The molecule has 1 heterocycles. The predicted molar refractivity (Wildman–Crippen MR) is 144 cm³/mol. The standard InChI is InChI=1S/C27H20F3N3O7S/c1-15-5-3-4-6-18(15)31-24(34)14-32-25(35)23(41-26(32)36)12-16-7-9-21(22(11-16)39-2)40-20-10-8-17(27(28,29)30)13-19(20)33(37)38/h3-13H,14H2,1-2H3,(H,31,34)/b23-12+. The normalized spacial score (nSPS) is 14.4. The molecule has 1 saturated heterocycles. The van der Waals surface area contributed by atoms with Gasteiger partial charge in [-0.15, -0.1) is 0 Å². The highest BCUT2D eigenvalue weighted by Crippen LogP contribution is 2.41. The predicted octanol–water partition coefficient (Wildman–Crippen LogP) is 6.40. The second-order valence-corrected chi connectivity index (χ2v) is 9.57. The van der Waals surface area contributed by atoms with Crippen LogP contribution in [0.15, 0.2) is 65.6 Å². The highest BCUT2D eigenvalue weighted by Gasteiger charge is 2.36. The van der Waals surface area contributed by atoms with E-state index in [0.29, 0.717) is 35.1 Å². The number of carbonyl (C=O) groups excluding carboxylic acids is 3. The fourth-order valence-corrected chi connectivity index (χ4v) is 4.57. The summed E-state index contributed by atoms with van der Waals surface area (Å²) in [6.07, 6.45) is -3.40. The number of hydrogen-bond donors (Lipinski definition) is 1. The Kier molecular flexibility index (Phi) is 8.33. The number of hydrogen-bond acceptors (Lipinski definition) is 8. The van der Waals surface area contributed by atoms with Crippen molar-refractivity contribution < 1.29 is 42.0 Å². The number of aryl methyl sites for hydroxylation is 1. The number of para-hydroxylation sites is 1. The molecule has 0 unspecified atom stereocenters. The number of benzene rings is 3. The Balaban J connectivity index is 1.52. The number of halogens is 3. The number of carbonyl (C=O) groups is 3. The van der Waals surface area contributed by atoms with E-state index in [1.165, 1.54) is 31.4 Å². The number of alkyl halides is 3. The number of amides is 3. The quantitative estimate of drug-likeness (QED) is 0.182. The van der Waals surface area contributed by atoms with Crippen LogP contribution >= 0.6 is 11.8 Å². The summed E-state index contributed by atoms with van der Waals surface area (Å²) in [5, 5.41) is 13.4. The van der Waals surface area contributed by atoms with Crippen LogP contribution in [0.5, 0.6) is 17.2 Å². The van der Waals surface area contributed by atoms with E-state index in [9.17, 15) is 37.7 Å². The van der Waals surface area contributed by atoms with Crippen molar-refractivity contribution in [3.8, 4) is 17.2 Å². The molecule has 1 N–H and O–H groups in total. The lowest BCUT2D eigenvalue weighted by atomic mass is 10.1. The molecule has 10 nitrogen and oxygen atoms in total. The smallest absolute Gasteiger partial charge is 0.416 e. The van der Waals surface area contributed by atoms with Gasteiger partial charge in [0, 0.05) is 11.8 Å². The molecule has 1 aliphatic heterocycles. The van der Waals surface area contributed by atoms with Crippen molar-refractivity contribution in [2.45, 2.75) is 13.1 Å². The highest BCUT2D eigenvalue weighted by molar-refractivity contribution is 8.18. The fourth-order valence-electron chi connectivity index (χ4n) is 3.73. The van der Waals surface area contributed by atoms with Gasteiger partial charge < -0.3 is 14.8 Å². The molecule has 0 atom stereocenters. The Morgan fingerprint density at radius 2 is 1.78 bits per heavy atom. The van der Waals surface area contributed by atoms with Gasteiger partial charge in [0.05, 0.1) is 22.5 Å². The lowest BCUT2D eigenvalue weighted by Crippen LogP contribution is -2.36. The third-order valence-corrected chi connectivity index (χ3v) is 6.69. The van der Waals surface area contributed by atoms with E-state index in [1.54, 1.807) is 31.2 Å². The lowest BCUT2D eigenvalue weighted by Gasteiger charge is -2.13. The number of methoxy groups -OCH3 is 1. The van der Waals surface area contributed by atoms with E-state index in [0.717, 1.165) is 16.5 Å². The second kappa shape index (κ2) is 11.7. The van der Waals surface area contributed by atoms with Crippen LogP contribution in [0.25, 0.3) is 6.08 Å². The molecule has 0 spiro atoms. The maximum Gasteiger partial charge on any atom is 0.416 e. The van der Waals surface area contributed by atoms with Crippen LogP contribution in [0.1, 0.15) is 16.7 Å². The average molecular weight is 588 g/mol. The summed E-state index contributed by atoms with van der Waals surface area (Å²) in [6.45, 7) is 1.31. The molecule has 4 rings (SSSR count). The van der Waals surface area contributed by atoms with Crippen molar-refractivity contribution in [2.24, 2.45) is 0 Å².